The van der Waals surface area contributed by atoms with Gasteiger partial charge in [-0.3, -0.25) is 19.8 Å². The average molecular weight is 631 g/mol. The quantitative estimate of drug-likeness (QED) is 0.149. The summed E-state index contributed by atoms with van der Waals surface area (Å²) in [5, 5.41) is 12.7. The van der Waals surface area contributed by atoms with E-state index in [4.69, 9.17) is 4.74 Å². The summed E-state index contributed by atoms with van der Waals surface area (Å²) in [5.74, 6) is 0.163. The van der Waals surface area contributed by atoms with Crippen molar-refractivity contribution in [1.82, 2.24) is 25.1 Å². The number of ether oxygens (including phenoxy) is 1. The standard InChI is InChI=1S/C38H39FN6O2/c1-38(2,3)21-36(46)41-28-16-26(22-40-23-28)24-9-10-34-32(18-24)37(44-43-34)35-20-31-30(7-6-8-33(31)42-35)25-15-27(39)19-29(17-25)47-14-13-45-11-4-5-12-45/h6-10,15-20,22-23,42H,4-5,11-14,21H2,1-3H3,(H,41,46)(H,43,44). The van der Waals surface area contributed by atoms with Crippen LogP contribution in [0.2, 0.25) is 0 Å². The third-order valence-corrected chi connectivity index (χ3v) is 8.59. The van der Waals surface area contributed by atoms with Crippen LogP contribution in [0.5, 0.6) is 5.75 Å². The molecule has 7 rings (SSSR count). The van der Waals surface area contributed by atoms with Crippen LogP contribution < -0.4 is 10.1 Å². The highest BCUT2D eigenvalue weighted by atomic mass is 19.1. The molecule has 0 aliphatic carbocycles. The van der Waals surface area contributed by atoms with Crippen LogP contribution in [0, 0.1) is 11.2 Å². The minimum Gasteiger partial charge on any atom is -0.492 e. The lowest BCUT2D eigenvalue weighted by Gasteiger charge is -2.17. The first kappa shape index (κ1) is 30.6. The lowest BCUT2D eigenvalue weighted by Crippen LogP contribution is -2.25. The third kappa shape index (κ3) is 6.90. The molecule has 0 unspecified atom stereocenters. The van der Waals surface area contributed by atoms with Gasteiger partial charge in [-0.2, -0.15) is 5.10 Å². The van der Waals surface area contributed by atoms with Crippen LogP contribution in [0.4, 0.5) is 10.1 Å². The fourth-order valence-electron chi connectivity index (χ4n) is 6.39. The second kappa shape index (κ2) is 12.6. The Morgan fingerprint density at radius 2 is 1.79 bits per heavy atom. The molecule has 3 aromatic carbocycles. The van der Waals surface area contributed by atoms with Gasteiger partial charge in [0.15, 0.2) is 0 Å². The van der Waals surface area contributed by atoms with Crippen LogP contribution in [-0.4, -0.2) is 57.2 Å². The lowest BCUT2D eigenvalue weighted by molar-refractivity contribution is -0.117. The third-order valence-electron chi connectivity index (χ3n) is 8.59. The second-order valence-electron chi connectivity index (χ2n) is 13.6. The number of anilines is 1. The monoisotopic (exact) mass is 630 g/mol. The average Bonchev–Trinajstić information content (AvgIpc) is 3.79. The Labute approximate surface area is 273 Å². The summed E-state index contributed by atoms with van der Waals surface area (Å²) in [7, 11) is 0. The molecule has 0 radical (unpaired) electrons. The topological polar surface area (TPSA) is 98.9 Å². The van der Waals surface area contributed by atoms with Crippen LogP contribution in [0.3, 0.4) is 0 Å². The number of amides is 1. The maximum absolute atomic E-state index is 14.8. The minimum atomic E-state index is -0.329. The minimum absolute atomic E-state index is 0.0401. The number of carbonyl (C=O) groups excluding carboxylic acids is 1. The highest BCUT2D eigenvalue weighted by Crippen LogP contribution is 2.37. The van der Waals surface area contributed by atoms with Gasteiger partial charge < -0.3 is 15.0 Å². The number of fused-ring (bicyclic) bond motifs is 2. The number of pyridine rings is 1. The predicted octanol–water partition coefficient (Wildman–Crippen LogP) is 8.43. The number of hydrogen-bond acceptors (Lipinski definition) is 5. The van der Waals surface area contributed by atoms with Gasteiger partial charge in [0.05, 0.1) is 23.1 Å². The van der Waals surface area contributed by atoms with Gasteiger partial charge in [-0.15, -0.1) is 0 Å². The fourth-order valence-corrected chi connectivity index (χ4v) is 6.39. The van der Waals surface area contributed by atoms with Gasteiger partial charge in [0.25, 0.3) is 0 Å². The zero-order valence-corrected chi connectivity index (χ0v) is 27.0. The molecule has 1 amide bonds. The Kier molecular flexibility index (Phi) is 8.24. The highest BCUT2D eigenvalue weighted by Gasteiger charge is 2.18. The number of halogens is 1. The summed E-state index contributed by atoms with van der Waals surface area (Å²) >= 11 is 0. The van der Waals surface area contributed by atoms with Crippen LogP contribution in [-0.2, 0) is 4.79 Å². The van der Waals surface area contributed by atoms with Crippen molar-refractivity contribution >= 4 is 33.4 Å². The number of hydrogen-bond donors (Lipinski definition) is 3. The summed E-state index contributed by atoms with van der Waals surface area (Å²) in [6, 6.07) is 21.0. The van der Waals surface area contributed by atoms with E-state index in [0.29, 0.717) is 24.5 Å². The molecule has 1 aliphatic rings. The zero-order chi connectivity index (χ0) is 32.5. The first-order valence-corrected chi connectivity index (χ1v) is 16.2. The molecule has 0 spiro atoms. The second-order valence-corrected chi connectivity index (χ2v) is 13.6. The lowest BCUT2D eigenvalue weighted by atomic mass is 9.92. The first-order valence-electron chi connectivity index (χ1n) is 16.2. The smallest absolute Gasteiger partial charge is 0.224 e. The van der Waals surface area contributed by atoms with Crippen LogP contribution in [0.25, 0.3) is 55.4 Å². The van der Waals surface area contributed by atoms with E-state index in [1.807, 2.05) is 63.2 Å². The Bertz CT molecular complexity index is 2070. The van der Waals surface area contributed by atoms with Gasteiger partial charge >= 0.3 is 0 Å². The van der Waals surface area contributed by atoms with Crippen molar-refractivity contribution in [3.8, 4) is 39.4 Å². The molecule has 4 heterocycles. The van der Waals surface area contributed by atoms with Crippen LogP contribution >= 0.6 is 0 Å². The van der Waals surface area contributed by atoms with E-state index in [9.17, 15) is 9.18 Å². The van der Waals surface area contributed by atoms with E-state index in [1.54, 1.807) is 18.5 Å². The van der Waals surface area contributed by atoms with Crippen LogP contribution in [0.15, 0.2) is 79.1 Å². The summed E-state index contributed by atoms with van der Waals surface area (Å²) in [4.78, 5) is 22.8. The summed E-state index contributed by atoms with van der Waals surface area (Å²) in [6.07, 6.45) is 6.33. The van der Waals surface area contributed by atoms with E-state index in [2.05, 4.69) is 42.5 Å². The number of aromatic amines is 2. The summed E-state index contributed by atoms with van der Waals surface area (Å²) in [6.45, 7) is 9.69. The Balaban J connectivity index is 1.17. The van der Waals surface area contributed by atoms with E-state index in [-0.39, 0.29) is 17.1 Å². The van der Waals surface area contributed by atoms with Crippen molar-refractivity contribution < 1.29 is 13.9 Å². The van der Waals surface area contributed by atoms with Crippen molar-refractivity contribution in [1.29, 1.82) is 0 Å². The normalized spacial score (nSPS) is 13.9. The van der Waals surface area contributed by atoms with Gasteiger partial charge in [-0.05, 0) is 90.5 Å². The Morgan fingerprint density at radius 3 is 2.62 bits per heavy atom. The van der Waals surface area contributed by atoms with Crippen molar-refractivity contribution in [2.75, 3.05) is 31.6 Å². The molecule has 0 saturated carbocycles. The zero-order valence-electron chi connectivity index (χ0n) is 27.0. The largest absolute Gasteiger partial charge is 0.492 e. The van der Waals surface area contributed by atoms with E-state index in [0.717, 1.165) is 75.1 Å². The highest BCUT2D eigenvalue weighted by molar-refractivity contribution is 6.02. The van der Waals surface area contributed by atoms with Crippen molar-refractivity contribution in [3.05, 3.63) is 84.9 Å². The molecule has 8 nitrogen and oxygen atoms in total. The number of nitrogens with zero attached hydrogens (tertiary/aromatic N) is 3. The molecule has 9 heteroatoms. The number of nitrogens with one attached hydrogen (secondary N) is 3. The van der Waals surface area contributed by atoms with E-state index < -0.39 is 0 Å². The molecular weight excluding hydrogens is 591 g/mol. The molecule has 47 heavy (non-hydrogen) atoms. The summed E-state index contributed by atoms with van der Waals surface area (Å²) < 4.78 is 20.8. The molecule has 240 valence electrons. The van der Waals surface area contributed by atoms with Gasteiger partial charge in [-0.25, -0.2) is 4.39 Å². The maximum Gasteiger partial charge on any atom is 0.224 e. The number of likely N-dealkylation sites (tertiary alicyclic amines) is 1. The fraction of sp³-hybridized carbons (Fsp3) is 0.289. The molecule has 1 fully saturated rings. The number of carbonyl (C=O) groups is 1. The molecule has 3 aromatic heterocycles. The number of H-pyrrole nitrogens is 2. The Morgan fingerprint density at radius 1 is 0.936 bits per heavy atom. The molecule has 0 bridgehead atoms. The van der Waals surface area contributed by atoms with Gasteiger partial charge in [0.1, 0.15) is 23.9 Å². The first-order chi connectivity index (χ1) is 22.7. The van der Waals surface area contributed by atoms with Gasteiger partial charge in [-0.1, -0.05) is 39.0 Å². The molecule has 1 saturated heterocycles. The maximum atomic E-state index is 14.8. The van der Waals surface area contributed by atoms with Crippen molar-refractivity contribution in [2.45, 2.75) is 40.0 Å². The van der Waals surface area contributed by atoms with E-state index >= 15 is 0 Å². The molecule has 1 aliphatic heterocycles. The predicted molar refractivity (Wildman–Crippen MR) is 186 cm³/mol. The Hall–Kier alpha value is -5.02. The molecular formula is C38H39FN6O2. The number of benzene rings is 3. The molecule has 6 aromatic rings. The van der Waals surface area contributed by atoms with Gasteiger partial charge in [0.2, 0.25) is 5.91 Å². The number of aromatic nitrogens is 4. The van der Waals surface area contributed by atoms with Crippen LogP contribution in [0.1, 0.15) is 40.0 Å². The van der Waals surface area contributed by atoms with Crippen molar-refractivity contribution in [2.24, 2.45) is 5.41 Å². The summed E-state index contributed by atoms with van der Waals surface area (Å²) in [5.41, 5.74) is 7.49. The molecule has 0 atom stereocenters. The molecule has 3 N–H and O–H groups in total. The number of rotatable bonds is 9. The van der Waals surface area contributed by atoms with Gasteiger partial charge in [0, 0.05) is 47.1 Å². The van der Waals surface area contributed by atoms with E-state index in [1.165, 1.54) is 18.9 Å². The SMILES string of the molecule is CC(C)(C)CC(=O)Nc1cncc(-c2ccc3[nH]nc(-c4cc5c(-c6cc(F)cc(OCCN7CCCC7)c6)cccc5[nH]4)c3c2)c1. The van der Waals surface area contributed by atoms with Crippen molar-refractivity contribution in [3.63, 3.8) is 0 Å².